The number of oxime groups is 1. The number of thiazole rings is 1. The molecular formula is C6H7N3O3S. The van der Waals surface area contributed by atoms with Gasteiger partial charge in [0.15, 0.2) is 5.13 Å². The van der Waals surface area contributed by atoms with Crippen molar-refractivity contribution in [2.24, 2.45) is 5.16 Å². The van der Waals surface area contributed by atoms with Crippen LogP contribution in [-0.2, 0) is 9.53 Å². The number of nitrogens with two attached hydrogens (primary N) is 1. The van der Waals surface area contributed by atoms with Crippen LogP contribution in [0.4, 0.5) is 5.13 Å². The van der Waals surface area contributed by atoms with Gasteiger partial charge in [-0.2, -0.15) is 0 Å². The number of ether oxygens (including phenoxy) is 1. The second kappa shape index (κ2) is 3.85. The Morgan fingerprint density at radius 2 is 2.54 bits per heavy atom. The fourth-order valence-corrected chi connectivity index (χ4v) is 1.24. The van der Waals surface area contributed by atoms with E-state index in [-0.39, 0.29) is 11.4 Å². The molecule has 0 aromatic carbocycles. The Kier molecular flexibility index (Phi) is 2.80. The van der Waals surface area contributed by atoms with Crippen LogP contribution < -0.4 is 5.73 Å². The smallest absolute Gasteiger partial charge is 0.362 e. The number of nitrogen functional groups attached to an aromatic ring is 1. The molecule has 0 radical (unpaired) electrons. The van der Waals surface area contributed by atoms with E-state index in [1.165, 1.54) is 12.5 Å². The number of rotatable bonds is 2. The Morgan fingerprint density at radius 3 is 2.92 bits per heavy atom. The third-order valence-electron chi connectivity index (χ3n) is 1.24. The topological polar surface area (TPSA) is 97.8 Å². The molecule has 0 saturated carbocycles. The summed E-state index contributed by atoms with van der Waals surface area (Å²) >= 11 is 1.14. The van der Waals surface area contributed by atoms with E-state index in [2.05, 4.69) is 14.9 Å². The summed E-state index contributed by atoms with van der Waals surface area (Å²) in [7, 11) is 1.18. The molecule has 6 nitrogen and oxygen atoms in total. The molecule has 1 aromatic rings. The largest absolute Gasteiger partial charge is 0.464 e. The van der Waals surface area contributed by atoms with Crippen molar-refractivity contribution >= 4 is 28.1 Å². The first kappa shape index (κ1) is 9.46. The summed E-state index contributed by atoms with van der Waals surface area (Å²) < 4.78 is 4.36. The number of hydrogen-bond acceptors (Lipinski definition) is 7. The van der Waals surface area contributed by atoms with E-state index in [1.54, 1.807) is 0 Å². The molecule has 0 amide bonds. The lowest BCUT2D eigenvalue weighted by Crippen LogP contribution is -2.17. The van der Waals surface area contributed by atoms with Gasteiger partial charge in [0.05, 0.1) is 7.11 Å². The highest BCUT2D eigenvalue weighted by molar-refractivity contribution is 7.13. The highest BCUT2D eigenvalue weighted by Crippen LogP contribution is 2.12. The number of nitrogens with zero attached hydrogens (tertiary/aromatic N) is 2. The minimum Gasteiger partial charge on any atom is -0.464 e. The molecule has 0 atom stereocenters. The number of aromatic nitrogens is 1. The third-order valence-corrected chi connectivity index (χ3v) is 1.92. The Morgan fingerprint density at radius 1 is 1.85 bits per heavy atom. The van der Waals surface area contributed by atoms with Crippen LogP contribution in [-0.4, -0.2) is 29.0 Å². The molecule has 0 bridgehead atoms. The van der Waals surface area contributed by atoms with E-state index in [0.29, 0.717) is 5.13 Å². The molecule has 70 valence electrons. The predicted octanol–water partition coefficient (Wildman–Crippen LogP) is 0.0766. The van der Waals surface area contributed by atoms with Gasteiger partial charge < -0.3 is 15.7 Å². The zero-order valence-corrected chi connectivity index (χ0v) is 7.54. The molecule has 1 aromatic heterocycles. The molecule has 7 heteroatoms. The molecule has 0 unspecified atom stereocenters. The van der Waals surface area contributed by atoms with Crippen molar-refractivity contribution in [2.45, 2.75) is 0 Å². The van der Waals surface area contributed by atoms with Gasteiger partial charge in [0.25, 0.3) is 0 Å². The van der Waals surface area contributed by atoms with Gasteiger partial charge in [-0.3, -0.25) is 0 Å². The van der Waals surface area contributed by atoms with Crippen molar-refractivity contribution in [3.05, 3.63) is 11.1 Å². The zero-order chi connectivity index (χ0) is 9.84. The fraction of sp³-hybridized carbons (Fsp3) is 0.167. The van der Waals surface area contributed by atoms with Crippen LogP contribution in [0.3, 0.4) is 0 Å². The van der Waals surface area contributed by atoms with Gasteiger partial charge in [-0.1, -0.05) is 5.16 Å². The van der Waals surface area contributed by atoms with E-state index in [4.69, 9.17) is 10.9 Å². The van der Waals surface area contributed by atoms with E-state index >= 15 is 0 Å². The maximum absolute atomic E-state index is 11.0. The van der Waals surface area contributed by atoms with Crippen LogP contribution in [0.15, 0.2) is 10.5 Å². The van der Waals surface area contributed by atoms with Gasteiger partial charge in [0.1, 0.15) is 5.69 Å². The predicted molar refractivity (Wildman–Crippen MR) is 46.9 cm³/mol. The molecule has 3 N–H and O–H groups in total. The summed E-state index contributed by atoms with van der Waals surface area (Å²) in [5.74, 6) is -0.757. The molecule has 0 aliphatic heterocycles. The number of carbonyl (C=O) groups is 1. The first-order valence-electron chi connectivity index (χ1n) is 3.20. The third kappa shape index (κ3) is 1.94. The molecule has 0 spiro atoms. The SMILES string of the molecule is COC(=O)C(=NO)c1csc(N)n1. The maximum Gasteiger partial charge on any atom is 0.362 e. The van der Waals surface area contributed by atoms with Gasteiger partial charge in [-0.25, -0.2) is 9.78 Å². The summed E-state index contributed by atoms with van der Waals surface area (Å²) in [6.45, 7) is 0. The van der Waals surface area contributed by atoms with E-state index in [1.807, 2.05) is 0 Å². The molecule has 0 saturated heterocycles. The second-order valence-corrected chi connectivity index (χ2v) is 2.90. The summed E-state index contributed by atoms with van der Waals surface area (Å²) in [6, 6.07) is 0. The molecule has 0 aliphatic rings. The minimum atomic E-state index is -0.757. The average Bonchev–Trinajstić information content (AvgIpc) is 2.53. The van der Waals surface area contributed by atoms with Crippen LogP contribution in [0.5, 0.6) is 0 Å². The standard InChI is InChI=1S/C6H7N3O3S/c1-12-5(10)4(9-11)3-2-13-6(7)8-3/h2,11H,1H3,(H2,7,8). The molecule has 0 aliphatic carbocycles. The van der Waals surface area contributed by atoms with Crippen LogP contribution in [0, 0.1) is 0 Å². The summed E-state index contributed by atoms with van der Waals surface area (Å²) in [5.41, 5.74) is 5.28. The molecule has 13 heavy (non-hydrogen) atoms. The highest BCUT2D eigenvalue weighted by Gasteiger charge is 2.17. The number of hydrogen-bond donors (Lipinski definition) is 2. The minimum absolute atomic E-state index is 0.205. The molecule has 1 rings (SSSR count). The van der Waals surface area contributed by atoms with E-state index < -0.39 is 5.97 Å². The van der Waals surface area contributed by atoms with Crippen LogP contribution in [0.25, 0.3) is 0 Å². The summed E-state index contributed by atoms with van der Waals surface area (Å²) in [6.07, 6.45) is 0. The number of anilines is 1. The fourth-order valence-electron chi connectivity index (χ4n) is 0.690. The van der Waals surface area contributed by atoms with Gasteiger partial charge in [-0.05, 0) is 0 Å². The zero-order valence-electron chi connectivity index (χ0n) is 6.72. The van der Waals surface area contributed by atoms with Gasteiger partial charge in [-0.15, -0.1) is 11.3 Å². The Labute approximate surface area is 77.6 Å². The number of esters is 1. The van der Waals surface area contributed by atoms with Crippen molar-refractivity contribution in [1.29, 1.82) is 0 Å². The highest BCUT2D eigenvalue weighted by atomic mass is 32.1. The monoisotopic (exact) mass is 201 g/mol. The molecule has 0 fully saturated rings. The lowest BCUT2D eigenvalue weighted by Gasteiger charge is -1.96. The van der Waals surface area contributed by atoms with Crippen molar-refractivity contribution < 1.29 is 14.7 Å². The molecular weight excluding hydrogens is 194 g/mol. The first-order chi connectivity index (χ1) is 6.19. The summed E-state index contributed by atoms with van der Waals surface area (Å²) in [5, 5.41) is 13.1. The first-order valence-corrected chi connectivity index (χ1v) is 4.08. The number of carbonyl (C=O) groups excluding carboxylic acids is 1. The van der Waals surface area contributed by atoms with Crippen molar-refractivity contribution in [1.82, 2.24) is 4.98 Å². The molecule has 1 heterocycles. The van der Waals surface area contributed by atoms with Crippen LogP contribution in [0.1, 0.15) is 5.69 Å². The normalized spacial score (nSPS) is 11.3. The van der Waals surface area contributed by atoms with Crippen LogP contribution >= 0.6 is 11.3 Å². The summed E-state index contributed by atoms with van der Waals surface area (Å²) in [4.78, 5) is 14.7. The Hall–Kier alpha value is -1.63. The quantitative estimate of drug-likeness (QED) is 0.305. The van der Waals surface area contributed by atoms with E-state index in [9.17, 15) is 4.79 Å². The van der Waals surface area contributed by atoms with Crippen molar-refractivity contribution in [3.8, 4) is 0 Å². The lowest BCUT2D eigenvalue weighted by molar-refractivity contribution is -0.132. The lowest BCUT2D eigenvalue weighted by atomic mass is 10.3. The van der Waals surface area contributed by atoms with Crippen LogP contribution in [0.2, 0.25) is 0 Å². The second-order valence-electron chi connectivity index (χ2n) is 2.01. The van der Waals surface area contributed by atoms with E-state index in [0.717, 1.165) is 11.3 Å². The Bertz CT molecular complexity index is 347. The maximum atomic E-state index is 11.0. The van der Waals surface area contributed by atoms with Gasteiger partial charge >= 0.3 is 5.97 Å². The van der Waals surface area contributed by atoms with Crippen molar-refractivity contribution in [3.63, 3.8) is 0 Å². The van der Waals surface area contributed by atoms with Gasteiger partial charge in [0.2, 0.25) is 5.71 Å². The Balaban J connectivity index is 2.99. The van der Waals surface area contributed by atoms with Crippen molar-refractivity contribution in [2.75, 3.05) is 12.8 Å². The number of methoxy groups -OCH3 is 1. The average molecular weight is 201 g/mol. The van der Waals surface area contributed by atoms with Gasteiger partial charge in [0, 0.05) is 5.38 Å².